The highest BCUT2D eigenvalue weighted by molar-refractivity contribution is 6.30. The SMILES string of the molecule is N#CCc1ccc(OCc2cccc(NC(=O)NCCOc3ccc(Cl)cc3)c2)cc1. The van der Waals surface area contributed by atoms with Crippen LogP contribution in [-0.4, -0.2) is 19.2 Å². The maximum Gasteiger partial charge on any atom is 0.319 e. The number of urea groups is 1. The Balaban J connectivity index is 1.41. The molecular weight excluding hydrogens is 414 g/mol. The van der Waals surface area contributed by atoms with E-state index in [0.717, 1.165) is 16.9 Å². The zero-order valence-electron chi connectivity index (χ0n) is 16.8. The van der Waals surface area contributed by atoms with Crippen LogP contribution in [0.1, 0.15) is 11.1 Å². The molecule has 0 fully saturated rings. The number of amides is 2. The summed E-state index contributed by atoms with van der Waals surface area (Å²) in [4.78, 5) is 12.1. The molecule has 7 heteroatoms. The molecule has 6 nitrogen and oxygen atoms in total. The number of nitrogens with one attached hydrogen (secondary N) is 2. The topological polar surface area (TPSA) is 83.4 Å². The van der Waals surface area contributed by atoms with E-state index in [9.17, 15) is 4.79 Å². The summed E-state index contributed by atoms with van der Waals surface area (Å²) in [5.74, 6) is 1.41. The lowest BCUT2D eigenvalue weighted by Crippen LogP contribution is -2.32. The first kappa shape index (κ1) is 22.0. The molecule has 2 amide bonds. The summed E-state index contributed by atoms with van der Waals surface area (Å²) in [6.45, 7) is 1.07. The van der Waals surface area contributed by atoms with Crippen molar-refractivity contribution in [3.63, 3.8) is 0 Å². The minimum Gasteiger partial charge on any atom is -0.492 e. The van der Waals surface area contributed by atoms with Crippen LogP contribution < -0.4 is 20.1 Å². The van der Waals surface area contributed by atoms with Gasteiger partial charge in [0.1, 0.15) is 24.7 Å². The molecule has 31 heavy (non-hydrogen) atoms. The van der Waals surface area contributed by atoms with Crippen LogP contribution in [0.5, 0.6) is 11.5 Å². The van der Waals surface area contributed by atoms with E-state index in [2.05, 4.69) is 16.7 Å². The van der Waals surface area contributed by atoms with Crippen molar-refractivity contribution in [1.82, 2.24) is 5.32 Å². The molecule has 158 valence electrons. The van der Waals surface area contributed by atoms with E-state index in [1.807, 2.05) is 48.5 Å². The van der Waals surface area contributed by atoms with Crippen molar-refractivity contribution in [2.45, 2.75) is 13.0 Å². The van der Waals surface area contributed by atoms with E-state index in [0.29, 0.717) is 42.6 Å². The van der Waals surface area contributed by atoms with E-state index < -0.39 is 0 Å². The van der Waals surface area contributed by atoms with Gasteiger partial charge in [0.2, 0.25) is 0 Å². The molecule has 3 aromatic carbocycles. The van der Waals surface area contributed by atoms with E-state index in [4.69, 9.17) is 26.3 Å². The summed E-state index contributed by atoms with van der Waals surface area (Å²) in [7, 11) is 0. The Morgan fingerprint density at radius 1 is 0.935 bits per heavy atom. The van der Waals surface area contributed by atoms with Crippen LogP contribution >= 0.6 is 11.6 Å². The number of nitrogens with zero attached hydrogens (tertiary/aromatic N) is 1. The molecular formula is C24H22ClN3O3. The summed E-state index contributed by atoms with van der Waals surface area (Å²) in [5, 5.41) is 14.9. The minimum absolute atomic E-state index is 0.314. The van der Waals surface area contributed by atoms with Crippen LogP contribution in [0, 0.1) is 11.3 Å². The third kappa shape index (κ3) is 7.57. The number of halogens is 1. The summed E-state index contributed by atoms with van der Waals surface area (Å²) in [6.07, 6.45) is 0.378. The number of nitriles is 1. The van der Waals surface area contributed by atoms with Gasteiger partial charge in [-0.1, -0.05) is 35.9 Å². The fourth-order valence-electron chi connectivity index (χ4n) is 2.74. The van der Waals surface area contributed by atoms with Crippen molar-refractivity contribution in [2.75, 3.05) is 18.5 Å². The number of ether oxygens (including phenoxy) is 2. The molecule has 0 aromatic heterocycles. The van der Waals surface area contributed by atoms with Gasteiger partial charge in [-0.25, -0.2) is 4.79 Å². The number of carbonyl (C=O) groups is 1. The second-order valence-corrected chi connectivity index (χ2v) is 7.09. The van der Waals surface area contributed by atoms with E-state index in [1.165, 1.54) is 0 Å². The summed E-state index contributed by atoms with van der Waals surface area (Å²) in [5.41, 5.74) is 2.54. The van der Waals surface area contributed by atoms with Crippen LogP contribution in [0.3, 0.4) is 0 Å². The van der Waals surface area contributed by atoms with Crippen molar-refractivity contribution in [3.8, 4) is 17.6 Å². The molecule has 0 heterocycles. The number of anilines is 1. The highest BCUT2D eigenvalue weighted by Crippen LogP contribution is 2.17. The van der Waals surface area contributed by atoms with Gasteiger partial charge in [0.25, 0.3) is 0 Å². The molecule has 0 atom stereocenters. The number of carbonyl (C=O) groups excluding carboxylic acids is 1. The molecule has 0 aliphatic heterocycles. The standard InChI is InChI=1S/C24H22ClN3O3/c25-20-6-10-22(11-7-20)30-15-14-27-24(29)28-21-3-1-2-19(16-21)17-31-23-8-4-18(5-9-23)12-13-26/h1-11,16H,12,14-15,17H2,(H2,27,28,29). The molecule has 0 unspecified atom stereocenters. The molecule has 3 aromatic rings. The zero-order valence-corrected chi connectivity index (χ0v) is 17.6. The molecule has 0 spiro atoms. The lowest BCUT2D eigenvalue weighted by atomic mass is 10.1. The Labute approximate surface area is 186 Å². The Kier molecular flexibility index (Phi) is 8.15. The lowest BCUT2D eigenvalue weighted by Gasteiger charge is -2.11. The molecule has 0 radical (unpaired) electrons. The average molecular weight is 436 g/mol. The second-order valence-electron chi connectivity index (χ2n) is 6.65. The number of benzene rings is 3. The molecule has 0 bridgehead atoms. The van der Waals surface area contributed by atoms with Gasteiger partial charge in [0.05, 0.1) is 19.0 Å². The maximum absolute atomic E-state index is 12.1. The quantitative estimate of drug-likeness (QED) is 0.453. The smallest absolute Gasteiger partial charge is 0.319 e. The van der Waals surface area contributed by atoms with Gasteiger partial charge in [-0.2, -0.15) is 5.26 Å². The Bertz CT molecular complexity index is 1030. The lowest BCUT2D eigenvalue weighted by molar-refractivity contribution is 0.247. The Morgan fingerprint density at radius 3 is 2.39 bits per heavy atom. The van der Waals surface area contributed by atoms with E-state index >= 15 is 0 Å². The van der Waals surface area contributed by atoms with Gasteiger partial charge in [0, 0.05) is 10.7 Å². The molecule has 0 saturated heterocycles. The molecule has 0 saturated carbocycles. The van der Waals surface area contributed by atoms with Gasteiger partial charge in [-0.3, -0.25) is 0 Å². The molecule has 2 N–H and O–H groups in total. The first-order valence-corrected chi connectivity index (χ1v) is 10.1. The van der Waals surface area contributed by atoms with Gasteiger partial charge in [0.15, 0.2) is 0 Å². The fraction of sp³-hybridized carbons (Fsp3) is 0.167. The second kappa shape index (κ2) is 11.5. The molecule has 0 aliphatic rings. The number of hydrogen-bond acceptors (Lipinski definition) is 4. The van der Waals surface area contributed by atoms with Crippen LogP contribution in [0.15, 0.2) is 72.8 Å². The summed E-state index contributed by atoms with van der Waals surface area (Å²) >= 11 is 5.83. The zero-order chi connectivity index (χ0) is 21.9. The monoisotopic (exact) mass is 435 g/mol. The third-order valence-electron chi connectivity index (χ3n) is 4.27. The highest BCUT2D eigenvalue weighted by atomic mass is 35.5. The normalized spacial score (nSPS) is 10.1. The molecule has 3 rings (SSSR count). The van der Waals surface area contributed by atoms with Gasteiger partial charge < -0.3 is 20.1 Å². The van der Waals surface area contributed by atoms with Crippen molar-refractivity contribution in [3.05, 3.63) is 88.9 Å². The first-order chi connectivity index (χ1) is 15.1. The van der Waals surface area contributed by atoms with Crippen LogP contribution in [0.2, 0.25) is 5.02 Å². The maximum atomic E-state index is 12.1. The van der Waals surface area contributed by atoms with Crippen molar-refractivity contribution in [2.24, 2.45) is 0 Å². The predicted octanol–water partition coefficient (Wildman–Crippen LogP) is 5.19. The fourth-order valence-corrected chi connectivity index (χ4v) is 2.87. The largest absolute Gasteiger partial charge is 0.492 e. The summed E-state index contributed by atoms with van der Waals surface area (Å²) in [6, 6.07) is 23.7. The number of rotatable bonds is 9. The van der Waals surface area contributed by atoms with Gasteiger partial charge in [-0.05, 0) is 59.7 Å². The number of hydrogen-bond donors (Lipinski definition) is 2. The van der Waals surface area contributed by atoms with Gasteiger partial charge >= 0.3 is 6.03 Å². The van der Waals surface area contributed by atoms with E-state index in [-0.39, 0.29) is 6.03 Å². The molecule has 0 aliphatic carbocycles. The minimum atomic E-state index is -0.314. The van der Waals surface area contributed by atoms with Gasteiger partial charge in [-0.15, -0.1) is 0 Å². The third-order valence-corrected chi connectivity index (χ3v) is 4.52. The Morgan fingerprint density at radius 2 is 1.65 bits per heavy atom. The van der Waals surface area contributed by atoms with E-state index in [1.54, 1.807) is 24.3 Å². The predicted molar refractivity (Wildman–Crippen MR) is 121 cm³/mol. The first-order valence-electron chi connectivity index (χ1n) is 9.73. The van der Waals surface area contributed by atoms with Crippen molar-refractivity contribution < 1.29 is 14.3 Å². The van der Waals surface area contributed by atoms with Crippen molar-refractivity contribution >= 4 is 23.3 Å². The van der Waals surface area contributed by atoms with Crippen molar-refractivity contribution in [1.29, 1.82) is 5.26 Å². The Hall–Kier alpha value is -3.69. The van der Waals surface area contributed by atoms with Crippen LogP contribution in [0.25, 0.3) is 0 Å². The van der Waals surface area contributed by atoms with Crippen LogP contribution in [0.4, 0.5) is 10.5 Å². The average Bonchev–Trinajstić information content (AvgIpc) is 2.78. The summed E-state index contributed by atoms with van der Waals surface area (Å²) < 4.78 is 11.3. The highest BCUT2D eigenvalue weighted by Gasteiger charge is 2.04. The van der Waals surface area contributed by atoms with Crippen LogP contribution in [-0.2, 0) is 13.0 Å².